The molecule has 2 N–H and O–H groups in total. The summed E-state index contributed by atoms with van der Waals surface area (Å²) in [6.45, 7) is 1.65. The maximum Gasteiger partial charge on any atom is 0.330 e. The zero-order valence-electron chi connectivity index (χ0n) is 8.52. The molecule has 0 saturated carbocycles. The molecule has 0 spiro atoms. The minimum absolute atomic E-state index is 0.427. The van der Waals surface area contributed by atoms with E-state index < -0.39 is 5.97 Å². The summed E-state index contributed by atoms with van der Waals surface area (Å²) in [5.41, 5.74) is 1.14. The lowest BCUT2D eigenvalue weighted by Gasteiger charge is -2.09. The maximum atomic E-state index is 10.4. The van der Waals surface area contributed by atoms with Crippen molar-refractivity contribution in [3.8, 4) is 5.88 Å². The Morgan fingerprint density at radius 1 is 1.67 bits per heavy atom. The van der Waals surface area contributed by atoms with Crippen LogP contribution in [0.25, 0.3) is 0 Å². The fourth-order valence-corrected chi connectivity index (χ4v) is 1.08. The molecule has 1 aromatic heterocycles. The van der Waals surface area contributed by atoms with Crippen molar-refractivity contribution in [3.05, 3.63) is 30.1 Å². The SMILES string of the molecule is COc1ncccc1NC(C)=CC(=O)O. The zero-order chi connectivity index (χ0) is 11.3. The summed E-state index contributed by atoms with van der Waals surface area (Å²) in [5.74, 6) is -0.571. The van der Waals surface area contributed by atoms with Crippen LogP contribution in [0.3, 0.4) is 0 Å². The third kappa shape index (κ3) is 3.30. The number of rotatable bonds is 4. The number of nitrogens with one attached hydrogen (secondary N) is 1. The highest BCUT2D eigenvalue weighted by molar-refractivity contribution is 5.81. The van der Waals surface area contributed by atoms with E-state index in [1.165, 1.54) is 7.11 Å². The van der Waals surface area contributed by atoms with E-state index in [9.17, 15) is 4.79 Å². The van der Waals surface area contributed by atoms with E-state index in [2.05, 4.69) is 10.3 Å². The van der Waals surface area contributed by atoms with Gasteiger partial charge in [-0.25, -0.2) is 9.78 Å². The van der Waals surface area contributed by atoms with Crippen LogP contribution in [-0.2, 0) is 4.79 Å². The molecule has 1 rings (SSSR count). The van der Waals surface area contributed by atoms with Gasteiger partial charge in [-0.2, -0.15) is 0 Å². The van der Waals surface area contributed by atoms with Crippen LogP contribution in [0.1, 0.15) is 6.92 Å². The van der Waals surface area contributed by atoms with Gasteiger partial charge in [0, 0.05) is 18.0 Å². The lowest BCUT2D eigenvalue weighted by molar-refractivity contribution is -0.131. The first-order valence-corrected chi connectivity index (χ1v) is 4.30. The highest BCUT2D eigenvalue weighted by Crippen LogP contribution is 2.21. The number of allylic oxidation sites excluding steroid dienone is 1. The van der Waals surface area contributed by atoms with E-state index in [1.807, 2.05) is 0 Å². The van der Waals surface area contributed by atoms with Crippen LogP contribution < -0.4 is 10.1 Å². The van der Waals surface area contributed by atoms with E-state index in [4.69, 9.17) is 9.84 Å². The third-order valence-electron chi connectivity index (χ3n) is 1.64. The summed E-state index contributed by atoms with van der Waals surface area (Å²) in [6, 6.07) is 3.49. The van der Waals surface area contributed by atoms with Gasteiger partial charge in [-0.05, 0) is 19.1 Å². The summed E-state index contributed by atoms with van der Waals surface area (Å²) in [6.07, 6.45) is 2.67. The Hall–Kier alpha value is -2.04. The molecule has 15 heavy (non-hydrogen) atoms. The Morgan fingerprint density at radius 3 is 3.00 bits per heavy atom. The molecule has 0 bridgehead atoms. The van der Waals surface area contributed by atoms with Crippen LogP contribution in [-0.4, -0.2) is 23.2 Å². The Bertz CT molecular complexity index is 388. The summed E-state index contributed by atoms with van der Waals surface area (Å²) < 4.78 is 5.00. The average Bonchev–Trinajstić information content (AvgIpc) is 2.17. The number of ether oxygens (including phenoxy) is 1. The van der Waals surface area contributed by atoms with Crippen LogP contribution in [0.5, 0.6) is 5.88 Å². The first kappa shape index (κ1) is 11.0. The molecule has 0 aliphatic rings. The fourth-order valence-electron chi connectivity index (χ4n) is 1.08. The number of carbonyl (C=O) groups is 1. The second kappa shape index (κ2) is 4.99. The minimum atomic E-state index is -0.997. The number of methoxy groups -OCH3 is 1. The number of anilines is 1. The van der Waals surface area contributed by atoms with Crippen molar-refractivity contribution in [1.82, 2.24) is 4.98 Å². The van der Waals surface area contributed by atoms with Crippen molar-refractivity contribution in [1.29, 1.82) is 0 Å². The normalized spacial score (nSPS) is 10.9. The van der Waals surface area contributed by atoms with E-state index in [0.717, 1.165) is 6.08 Å². The molecule has 1 heterocycles. The number of aliphatic carboxylic acids is 1. The topological polar surface area (TPSA) is 71.5 Å². The molecule has 0 aromatic carbocycles. The molecule has 0 aliphatic heterocycles. The number of nitrogens with zero attached hydrogens (tertiary/aromatic N) is 1. The predicted octanol–water partition coefficient (Wildman–Crippen LogP) is 1.49. The average molecular weight is 208 g/mol. The molecular formula is C10H12N2O3. The number of aromatic nitrogens is 1. The van der Waals surface area contributed by atoms with Crippen molar-refractivity contribution >= 4 is 11.7 Å². The van der Waals surface area contributed by atoms with Gasteiger partial charge in [0.1, 0.15) is 5.69 Å². The van der Waals surface area contributed by atoms with Gasteiger partial charge in [-0.15, -0.1) is 0 Å². The summed E-state index contributed by atoms with van der Waals surface area (Å²) in [4.78, 5) is 14.4. The monoisotopic (exact) mass is 208 g/mol. The minimum Gasteiger partial charge on any atom is -0.480 e. The molecule has 0 unspecified atom stereocenters. The molecule has 0 saturated heterocycles. The van der Waals surface area contributed by atoms with Crippen LogP contribution in [0.2, 0.25) is 0 Å². The van der Waals surface area contributed by atoms with Gasteiger partial charge in [0.05, 0.1) is 7.11 Å². The smallest absolute Gasteiger partial charge is 0.330 e. The number of pyridine rings is 1. The van der Waals surface area contributed by atoms with Crippen LogP contribution in [0.4, 0.5) is 5.69 Å². The molecule has 5 heteroatoms. The lowest BCUT2D eigenvalue weighted by atomic mass is 10.3. The van der Waals surface area contributed by atoms with Crippen molar-refractivity contribution in [2.24, 2.45) is 0 Å². The standard InChI is InChI=1S/C10H12N2O3/c1-7(6-9(13)14)12-8-4-3-5-11-10(8)15-2/h3-6,12H,1-2H3,(H,13,14). The van der Waals surface area contributed by atoms with Gasteiger partial charge >= 0.3 is 5.97 Å². The van der Waals surface area contributed by atoms with Gasteiger partial charge in [-0.1, -0.05) is 0 Å². The largest absolute Gasteiger partial charge is 0.480 e. The van der Waals surface area contributed by atoms with E-state index in [-0.39, 0.29) is 0 Å². The van der Waals surface area contributed by atoms with Crippen molar-refractivity contribution < 1.29 is 14.6 Å². The molecule has 80 valence electrons. The van der Waals surface area contributed by atoms with Crippen LogP contribution >= 0.6 is 0 Å². The number of hydrogen-bond acceptors (Lipinski definition) is 4. The Morgan fingerprint density at radius 2 is 2.40 bits per heavy atom. The molecular weight excluding hydrogens is 196 g/mol. The summed E-state index contributed by atoms with van der Waals surface area (Å²) >= 11 is 0. The van der Waals surface area contributed by atoms with Crippen molar-refractivity contribution in [3.63, 3.8) is 0 Å². The molecule has 0 radical (unpaired) electrons. The first-order valence-electron chi connectivity index (χ1n) is 4.30. The molecule has 0 amide bonds. The molecule has 0 fully saturated rings. The molecule has 5 nitrogen and oxygen atoms in total. The van der Waals surface area contributed by atoms with Crippen LogP contribution in [0, 0.1) is 0 Å². The van der Waals surface area contributed by atoms with E-state index in [1.54, 1.807) is 25.3 Å². The van der Waals surface area contributed by atoms with Gasteiger partial charge in [0.25, 0.3) is 0 Å². The number of carboxylic acids is 1. The first-order chi connectivity index (χ1) is 7.13. The number of hydrogen-bond donors (Lipinski definition) is 2. The van der Waals surface area contributed by atoms with Crippen molar-refractivity contribution in [2.45, 2.75) is 6.92 Å². The highest BCUT2D eigenvalue weighted by Gasteiger charge is 2.03. The van der Waals surface area contributed by atoms with Gasteiger partial charge in [-0.3, -0.25) is 0 Å². The summed E-state index contributed by atoms with van der Waals surface area (Å²) in [5, 5.41) is 11.4. The third-order valence-corrected chi connectivity index (χ3v) is 1.64. The predicted molar refractivity (Wildman–Crippen MR) is 55.8 cm³/mol. The quantitative estimate of drug-likeness (QED) is 0.733. The van der Waals surface area contributed by atoms with Crippen LogP contribution in [0.15, 0.2) is 30.1 Å². The molecule has 0 aliphatic carbocycles. The highest BCUT2D eigenvalue weighted by atomic mass is 16.5. The molecule has 0 atom stereocenters. The Labute approximate surface area is 87.4 Å². The van der Waals surface area contributed by atoms with Gasteiger partial charge < -0.3 is 15.2 Å². The fraction of sp³-hybridized carbons (Fsp3) is 0.200. The Kier molecular flexibility index (Phi) is 3.68. The number of carboxylic acid groups (broad SMARTS) is 1. The Balaban J connectivity index is 2.84. The van der Waals surface area contributed by atoms with Gasteiger partial charge in [0.15, 0.2) is 0 Å². The second-order valence-corrected chi connectivity index (χ2v) is 2.85. The van der Waals surface area contributed by atoms with E-state index >= 15 is 0 Å². The summed E-state index contributed by atoms with van der Waals surface area (Å²) in [7, 11) is 1.50. The second-order valence-electron chi connectivity index (χ2n) is 2.85. The maximum absolute atomic E-state index is 10.4. The van der Waals surface area contributed by atoms with Crippen molar-refractivity contribution in [2.75, 3.05) is 12.4 Å². The lowest BCUT2D eigenvalue weighted by Crippen LogP contribution is -2.02. The van der Waals surface area contributed by atoms with E-state index in [0.29, 0.717) is 17.3 Å². The zero-order valence-corrected chi connectivity index (χ0v) is 8.52. The van der Waals surface area contributed by atoms with Gasteiger partial charge in [0.2, 0.25) is 5.88 Å². The molecule has 1 aromatic rings.